The summed E-state index contributed by atoms with van der Waals surface area (Å²) in [7, 11) is -3.54. The third-order valence-electron chi connectivity index (χ3n) is 6.02. The molecule has 26 heavy (non-hydrogen) atoms. The van der Waals surface area contributed by atoms with E-state index in [-0.39, 0.29) is 5.41 Å². The summed E-state index contributed by atoms with van der Waals surface area (Å²) in [5.41, 5.74) is 3.71. The Morgan fingerprint density at radius 2 is 1.65 bits per heavy atom. The van der Waals surface area contributed by atoms with Crippen molar-refractivity contribution in [2.75, 3.05) is 6.54 Å². The number of rotatable bonds is 5. The van der Waals surface area contributed by atoms with Crippen LogP contribution in [-0.4, -0.2) is 15.0 Å². The van der Waals surface area contributed by atoms with E-state index in [2.05, 4.69) is 28.3 Å². The van der Waals surface area contributed by atoms with Gasteiger partial charge in [0.1, 0.15) is 0 Å². The number of aryl methyl sites for hydroxylation is 2. The number of thiophene rings is 1. The van der Waals surface area contributed by atoms with Gasteiger partial charge in [-0.25, -0.2) is 13.1 Å². The van der Waals surface area contributed by atoms with Crippen LogP contribution in [0.4, 0.5) is 0 Å². The van der Waals surface area contributed by atoms with Crippen LogP contribution in [0.5, 0.6) is 0 Å². The average molecular weight is 392 g/mol. The molecule has 0 saturated heterocycles. The molecular formula is C21H29NO2S2. The zero-order valence-corrected chi connectivity index (χ0v) is 17.8. The lowest BCUT2D eigenvalue weighted by Crippen LogP contribution is -2.42. The van der Waals surface area contributed by atoms with Crippen LogP contribution in [0.2, 0.25) is 0 Å². The van der Waals surface area contributed by atoms with E-state index in [9.17, 15) is 8.42 Å². The van der Waals surface area contributed by atoms with Crippen molar-refractivity contribution in [3.63, 3.8) is 0 Å². The van der Waals surface area contributed by atoms with Crippen LogP contribution in [0, 0.1) is 27.7 Å². The Hall–Kier alpha value is -1.17. The maximum Gasteiger partial charge on any atom is 0.241 e. The topological polar surface area (TPSA) is 46.2 Å². The fourth-order valence-corrected chi connectivity index (χ4v) is 6.93. The summed E-state index contributed by atoms with van der Waals surface area (Å²) in [6, 6.07) is 6.30. The van der Waals surface area contributed by atoms with Gasteiger partial charge in [-0.1, -0.05) is 31.4 Å². The Kier molecular flexibility index (Phi) is 5.61. The molecule has 1 aromatic heterocycles. The molecule has 1 saturated carbocycles. The smallest absolute Gasteiger partial charge is 0.210 e. The third-order valence-corrected chi connectivity index (χ3v) is 8.81. The molecule has 0 radical (unpaired) electrons. The molecular weight excluding hydrogens is 362 g/mol. The number of benzene rings is 1. The maximum absolute atomic E-state index is 13.2. The van der Waals surface area contributed by atoms with E-state index < -0.39 is 10.0 Å². The Morgan fingerprint density at radius 3 is 2.19 bits per heavy atom. The van der Waals surface area contributed by atoms with Gasteiger partial charge in [-0.15, -0.1) is 11.3 Å². The molecule has 1 fully saturated rings. The molecule has 3 rings (SSSR count). The molecule has 1 aliphatic rings. The number of sulfonamides is 1. The van der Waals surface area contributed by atoms with Gasteiger partial charge >= 0.3 is 0 Å². The summed E-state index contributed by atoms with van der Waals surface area (Å²) in [6.45, 7) is 8.27. The minimum absolute atomic E-state index is 0.0554. The van der Waals surface area contributed by atoms with Gasteiger partial charge in [-0.3, -0.25) is 0 Å². The zero-order chi connectivity index (χ0) is 18.9. The minimum atomic E-state index is -3.54. The van der Waals surface area contributed by atoms with Crippen LogP contribution >= 0.6 is 11.3 Å². The molecule has 1 aromatic carbocycles. The lowest BCUT2D eigenvalue weighted by molar-refractivity contribution is 0.298. The minimum Gasteiger partial charge on any atom is -0.210 e. The first-order chi connectivity index (χ1) is 12.3. The summed E-state index contributed by atoms with van der Waals surface area (Å²) in [4.78, 5) is 1.78. The van der Waals surface area contributed by atoms with E-state index in [1.807, 2.05) is 27.7 Å². The quantitative estimate of drug-likeness (QED) is 0.765. The molecule has 1 heterocycles. The second-order valence-electron chi connectivity index (χ2n) is 7.73. The van der Waals surface area contributed by atoms with Crippen LogP contribution in [0.1, 0.15) is 59.2 Å². The predicted molar refractivity (Wildman–Crippen MR) is 110 cm³/mol. The molecule has 0 amide bonds. The monoisotopic (exact) mass is 391 g/mol. The summed E-state index contributed by atoms with van der Waals surface area (Å²) in [6.07, 6.45) is 5.69. The first-order valence-electron chi connectivity index (χ1n) is 9.38. The van der Waals surface area contributed by atoms with Crippen LogP contribution in [0.15, 0.2) is 28.5 Å². The largest absolute Gasteiger partial charge is 0.241 e. The summed E-state index contributed by atoms with van der Waals surface area (Å²) in [5, 5.41) is 2.10. The van der Waals surface area contributed by atoms with Crippen molar-refractivity contribution in [2.45, 2.75) is 70.1 Å². The van der Waals surface area contributed by atoms with Crippen molar-refractivity contribution >= 4 is 21.4 Å². The third kappa shape index (κ3) is 3.62. The molecule has 0 spiro atoms. The highest BCUT2D eigenvalue weighted by Crippen LogP contribution is 2.41. The highest BCUT2D eigenvalue weighted by atomic mass is 32.2. The van der Waals surface area contributed by atoms with E-state index >= 15 is 0 Å². The Balaban J connectivity index is 1.93. The standard InChI is InChI=1S/C21H29NO2S2/c1-15-13-16(2)18(4)20(17(15)3)26(23,24)22-14-21(10-6-5-7-11-21)19-9-8-12-25-19/h8-9,12-13,22H,5-7,10-11,14H2,1-4H3. The van der Waals surface area contributed by atoms with Crippen molar-refractivity contribution in [1.82, 2.24) is 4.72 Å². The summed E-state index contributed by atoms with van der Waals surface area (Å²) in [5.74, 6) is 0. The van der Waals surface area contributed by atoms with Crippen molar-refractivity contribution < 1.29 is 8.42 Å². The average Bonchev–Trinajstić information content (AvgIpc) is 3.15. The molecule has 142 valence electrons. The molecule has 0 aliphatic heterocycles. The fraction of sp³-hybridized carbons (Fsp3) is 0.524. The lowest BCUT2D eigenvalue weighted by atomic mass is 9.73. The molecule has 1 N–H and O–H groups in total. The van der Waals surface area contributed by atoms with Crippen LogP contribution in [-0.2, 0) is 15.4 Å². The van der Waals surface area contributed by atoms with Crippen LogP contribution in [0.3, 0.4) is 0 Å². The highest BCUT2D eigenvalue weighted by molar-refractivity contribution is 7.89. The Morgan fingerprint density at radius 1 is 1.04 bits per heavy atom. The van der Waals surface area contributed by atoms with E-state index in [1.165, 1.54) is 24.1 Å². The Labute approximate surface area is 161 Å². The summed E-state index contributed by atoms with van der Waals surface area (Å²) >= 11 is 1.75. The van der Waals surface area contributed by atoms with Gasteiger partial charge in [-0.05, 0) is 74.2 Å². The first-order valence-corrected chi connectivity index (χ1v) is 11.7. The fourth-order valence-electron chi connectivity index (χ4n) is 4.21. The van der Waals surface area contributed by atoms with E-state index in [0.717, 1.165) is 35.1 Å². The lowest BCUT2D eigenvalue weighted by Gasteiger charge is -2.37. The zero-order valence-electron chi connectivity index (χ0n) is 16.2. The number of hydrogen-bond donors (Lipinski definition) is 1. The maximum atomic E-state index is 13.2. The van der Waals surface area contributed by atoms with Crippen molar-refractivity contribution in [3.8, 4) is 0 Å². The molecule has 0 bridgehead atoms. The molecule has 3 nitrogen and oxygen atoms in total. The number of nitrogens with one attached hydrogen (secondary N) is 1. The van der Waals surface area contributed by atoms with E-state index in [1.54, 1.807) is 11.3 Å². The normalized spacial score (nSPS) is 17.4. The molecule has 0 unspecified atom stereocenters. The van der Waals surface area contributed by atoms with Gasteiger partial charge in [0.15, 0.2) is 0 Å². The van der Waals surface area contributed by atoms with E-state index in [4.69, 9.17) is 0 Å². The molecule has 5 heteroatoms. The van der Waals surface area contributed by atoms with Gasteiger partial charge in [0.25, 0.3) is 0 Å². The predicted octanol–water partition coefficient (Wildman–Crippen LogP) is 5.16. The summed E-state index contributed by atoms with van der Waals surface area (Å²) < 4.78 is 29.4. The van der Waals surface area contributed by atoms with Gasteiger partial charge in [0, 0.05) is 16.8 Å². The second kappa shape index (κ2) is 7.45. The van der Waals surface area contributed by atoms with Gasteiger partial charge in [-0.2, -0.15) is 0 Å². The van der Waals surface area contributed by atoms with Crippen molar-refractivity contribution in [3.05, 3.63) is 50.7 Å². The van der Waals surface area contributed by atoms with Gasteiger partial charge in [0.2, 0.25) is 10.0 Å². The molecule has 2 aromatic rings. The molecule has 0 atom stereocenters. The van der Waals surface area contributed by atoms with Gasteiger partial charge < -0.3 is 0 Å². The van der Waals surface area contributed by atoms with E-state index in [0.29, 0.717) is 11.4 Å². The van der Waals surface area contributed by atoms with Crippen LogP contribution in [0.25, 0.3) is 0 Å². The van der Waals surface area contributed by atoms with Crippen LogP contribution < -0.4 is 4.72 Å². The first kappa shape index (κ1) is 19.6. The van der Waals surface area contributed by atoms with Crippen molar-refractivity contribution in [2.24, 2.45) is 0 Å². The Bertz CT molecular complexity index is 851. The van der Waals surface area contributed by atoms with Crippen molar-refractivity contribution in [1.29, 1.82) is 0 Å². The number of hydrogen-bond acceptors (Lipinski definition) is 3. The SMILES string of the molecule is Cc1cc(C)c(C)c(S(=O)(=O)NCC2(c3cccs3)CCCCC2)c1C. The highest BCUT2D eigenvalue weighted by Gasteiger charge is 2.36. The molecule has 1 aliphatic carbocycles. The second-order valence-corrected chi connectivity index (χ2v) is 10.4. The van der Waals surface area contributed by atoms with Gasteiger partial charge in [0.05, 0.1) is 4.90 Å².